The van der Waals surface area contributed by atoms with E-state index in [2.05, 4.69) is 26.2 Å². The van der Waals surface area contributed by atoms with Gasteiger partial charge in [-0.15, -0.1) is 0 Å². The van der Waals surface area contributed by atoms with Crippen LogP contribution in [0.25, 0.3) is 0 Å². The number of ether oxygens (including phenoxy) is 2. The minimum atomic E-state index is -1.18. The van der Waals surface area contributed by atoms with Gasteiger partial charge < -0.3 is 14.8 Å². The number of carbonyl (C=O) groups excluding carboxylic acids is 2. The number of nitrogens with one attached hydrogen (secondary N) is 1. The normalized spacial score (nSPS) is 13.9. The molecular formula is C24H21BrN2O4. The van der Waals surface area contributed by atoms with E-state index >= 15 is 0 Å². The van der Waals surface area contributed by atoms with Crippen molar-refractivity contribution in [1.29, 1.82) is 0 Å². The minimum absolute atomic E-state index is 0.101. The lowest BCUT2D eigenvalue weighted by molar-refractivity contribution is -0.147. The number of rotatable bonds is 6. The van der Waals surface area contributed by atoms with Crippen LogP contribution in [0, 0.1) is 0 Å². The Kier molecular flexibility index (Phi) is 6.04. The number of benzene rings is 2. The maximum atomic E-state index is 13.3. The summed E-state index contributed by atoms with van der Waals surface area (Å²) in [6.45, 7) is 0.277. The highest BCUT2D eigenvalue weighted by Gasteiger charge is 2.46. The minimum Gasteiger partial charge on any atom is -0.485 e. The summed E-state index contributed by atoms with van der Waals surface area (Å²) in [4.78, 5) is 30.3. The number of nitrogens with zero attached hydrogens (tertiary/aromatic N) is 1. The second-order valence-electron chi connectivity index (χ2n) is 7.39. The van der Waals surface area contributed by atoms with Crippen molar-refractivity contribution in [3.05, 3.63) is 93.7 Å². The molecule has 0 saturated heterocycles. The zero-order valence-corrected chi connectivity index (χ0v) is 18.5. The van der Waals surface area contributed by atoms with Crippen LogP contribution in [0.5, 0.6) is 5.75 Å². The second kappa shape index (κ2) is 8.89. The number of pyridine rings is 1. The van der Waals surface area contributed by atoms with Crippen LogP contribution in [-0.2, 0) is 29.0 Å². The summed E-state index contributed by atoms with van der Waals surface area (Å²) in [6.07, 6.45) is 2.23. The molecule has 158 valence electrons. The lowest BCUT2D eigenvalue weighted by Crippen LogP contribution is -2.56. The van der Waals surface area contributed by atoms with Crippen molar-refractivity contribution in [3.63, 3.8) is 0 Å². The first-order valence-corrected chi connectivity index (χ1v) is 10.6. The summed E-state index contributed by atoms with van der Waals surface area (Å²) in [5, 5.41) is 2.90. The first-order chi connectivity index (χ1) is 15.0. The van der Waals surface area contributed by atoms with Crippen molar-refractivity contribution >= 4 is 27.8 Å². The highest BCUT2D eigenvalue weighted by Crippen LogP contribution is 2.33. The van der Waals surface area contributed by atoms with Gasteiger partial charge in [0, 0.05) is 19.0 Å². The zero-order valence-electron chi connectivity index (χ0n) is 16.9. The van der Waals surface area contributed by atoms with Gasteiger partial charge in [-0.25, -0.2) is 9.78 Å². The molecule has 0 bridgehead atoms. The van der Waals surface area contributed by atoms with Crippen LogP contribution < -0.4 is 10.1 Å². The van der Waals surface area contributed by atoms with Crippen LogP contribution in [0.3, 0.4) is 0 Å². The van der Waals surface area contributed by atoms with Crippen molar-refractivity contribution in [2.24, 2.45) is 0 Å². The lowest BCUT2D eigenvalue weighted by Gasteiger charge is -2.27. The van der Waals surface area contributed by atoms with Crippen LogP contribution >= 0.6 is 15.9 Å². The van der Waals surface area contributed by atoms with E-state index in [1.165, 1.54) is 13.3 Å². The third-order valence-corrected chi connectivity index (χ3v) is 5.95. The van der Waals surface area contributed by atoms with Crippen molar-refractivity contribution in [1.82, 2.24) is 10.3 Å². The Labute approximate surface area is 188 Å². The van der Waals surface area contributed by atoms with Crippen molar-refractivity contribution < 1.29 is 19.1 Å². The first-order valence-electron chi connectivity index (χ1n) is 9.81. The highest BCUT2D eigenvalue weighted by atomic mass is 79.9. The maximum absolute atomic E-state index is 13.3. The summed E-state index contributed by atoms with van der Waals surface area (Å²) in [5.41, 5.74) is 1.90. The Hall–Kier alpha value is -3.19. The van der Waals surface area contributed by atoms with Crippen molar-refractivity contribution in [3.8, 4) is 5.75 Å². The fourth-order valence-corrected chi connectivity index (χ4v) is 4.24. The molecule has 1 aliphatic carbocycles. The SMILES string of the molecule is COC(=O)C1(NC(=O)c2nccc(Br)c2OCc2ccccc2)Cc2ccccc2C1. The zero-order chi connectivity index (χ0) is 21.8. The Morgan fingerprint density at radius 3 is 2.32 bits per heavy atom. The molecule has 2 aromatic carbocycles. The Balaban J connectivity index is 1.60. The molecule has 7 heteroatoms. The van der Waals surface area contributed by atoms with Gasteiger partial charge in [-0.3, -0.25) is 4.79 Å². The maximum Gasteiger partial charge on any atom is 0.332 e. The molecule has 0 radical (unpaired) electrons. The average molecular weight is 481 g/mol. The number of fused-ring (bicyclic) bond motifs is 1. The number of hydrogen-bond donors (Lipinski definition) is 1. The predicted molar refractivity (Wildman–Crippen MR) is 119 cm³/mol. The quantitative estimate of drug-likeness (QED) is 0.542. The summed E-state index contributed by atoms with van der Waals surface area (Å²) >= 11 is 3.44. The van der Waals surface area contributed by atoms with Gasteiger partial charge in [0.25, 0.3) is 5.91 Å². The summed E-state index contributed by atoms with van der Waals surface area (Å²) in [5.74, 6) is -0.666. The van der Waals surface area contributed by atoms with E-state index in [9.17, 15) is 9.59 Å². The highest BCUT2D eigenvalue weighted by molar-refractivity contribution is 9.10. The average Bonchev–Trinajstić information content (AvgIpc) is 3.17. The van der Waals surface area contributed by atoms with Gasteiger partial charge in [-0.05, 0) is 38.7 Å². The molecular weight excluding hydrogens is 460 g/mol. The molecule has 1 aliphatic rings. The standard InChI is InChI=1S/C24H21BrN2O4/c1-30-23(29)24(13-17-9-5-6-10-18(17)14-24)27-22(28)20-21(19(25)11-12-26-20)31-15-16-7-3-2-4-8-16/h2-12H,13-15H2,1H3,(H,27,28). The van der Waals surface area contributed by atoms with E-state index in [0.29, 0.717) is 23.1 Å². The summed E-state index contributed by atoms with van der Waals surface area (Å²) in [7, 11) is 1.32. The molecule has 0 spiro atoms. The molecule has 0 atom stereocenters. The van der Waals surface area contributed by atoms with Crippen LogP contribution in [0.15, 0.2) is 71.3 Å². The van der Waals surface area contributed by atoms with Crippen molar-refractivity contribution in [2.45, 2.75) is 25.0 Å². The van der Waals surface area contributed by atoms with Crippen LogP contribution in [0.2, 0.25) is 0 Å². The Bertz CT molecular complexity index is 1090. The van der Waals surface area contributed by atoms with E-state index in [-0.39, 0.29) is 12.3 Å². The molecule has 6 nitrogen and oxygen atoms in total. The van der Waals surface area contributed by atoms with E-state index in [1.54, 1.807) is 6.07 Å². The fraction of sp³-hybridized carbons (Fsp3) is 0.208. The first kappa shape index (κ1) is 21.1. The van der Waals surface area contributed by atoms with Crippen LogP contribution in [0.1, 0.15) is 27.2 Å². The topological polar surface area (TPSA) is 77.5 Å². The number of methoxy groups -OCH3 is 1. The van der Waals surface area contributed by atoms with Crippen LogP contribution in [0.4, 0.5) is 0 Å². The number of esters is 1. The van der Waals surface area contributed by atoms with E-state index in [1.807, 2.05) is 54.6 Å². The number of carbonyl (C=O) groups is 2. The molecule has 0 fully saturated rings. The number of amides is 1. The van der Waals surface area contributed by atoms with E-state index in [4.69, 9.17) is 9.47 Å². The molecule has 0 unspecified atom stereocenters. The Morgan fingerprint density at radius 2 is 1.68 bits per heavy atom. The van der Waals surface area contributed by atoms with Gasteiger partial charge in [0.2, 0.25) is 0 Å². The summed E-state index contributed by atoms with van der Waals surface area (Å²) < 4.78 is 11.6. The van der Waals surface area contributed by atoms with Crippen LogP contribution in [-0.4, -0.2) is 29.5 Å². The van der Waals surface area contributed by atoms with Gasteiger partial charge in [0.05, 0.1) is 11.6 Å². The van der Waals surface area contributed by atoms with Gasteiger partial charge in [-0.2, -0.15) is 0 Å². The smallest absolute Gasteiger partial charge is 0.332 e. The summed E-state index contributed by atoms with van der Waals surface area (Å²) in [6, 6.07) is 19.1. The third-order valence-electron chi connectivity index (χ3n) is 5.33. The van der Waals surface area contributed by atoms with Gasteiger partial charge in [0.15, 0.2) is 11.4 Å². The van der Waals surface area contributed by atoms with E-state index in [0.717, 1.165) is 16.7 Å². The third kappa shape index (κ3) is 4.32. The largest absolute Gasteiger partial charge is 0.485 e. The number of halogens is 1. The van der Waals surface area contributed by atoms with E-state index < -0.39 is 17.4 Å². The number of hydrogen-bond acceptors (Lipinski definition) is 5. The molecule has 0 saturated carbocycles. The van der Waals surface area contributed by atoms with Gasteiger partial charge in [0.1, 0.15) is 12.1 Å². The number of aromatic nitrogens is 1. The monoisotopic (exact) mass is 480 g/mol. The molecule has 4 rings (SSSR count). The molecule has 1 N–H and O–H groups in total. The fourth-order valence-electron chi connectivity index (χ4n) is 3.82. The van der Waals surface area contributed by atoms with Gasteiger partial charge >= 0.3 is 5.97 Å². The molecule has 31 heavy (non-hydrogen) atoms. The molecule has 1 heterocycles. The van der Waals surface area contributed by atoms with Gasteiger partial charge in [-0.1, -0.05) is 54.6 Å². The molecule has 1 amide bonds. The molecule has 1 aromatic heterocycles. The Morgan fingerprint density at radius 1 is 1.03 bits per heavy atom. The molecule has 0 aliphatic heterocycles. The predicted octanol–water partition coefficient (Wildman–Crippen LogP) is 3.86. The second-order valence-corrected chi connectivity index (χ2v) is 8.25. The van der Waals surface area contributed by atoms with Crippen molar-refractivity contribution in [2.75, 3.05) is 7.11 Å². The lowest BCUT2D eigenvalue weighted by atomic mass is 9.95. The molecule has 3 aromatic rings.